The van der Waals surface area contributed by atoms with Crippen LogP contribution in [0.3, 0.4) is 0 Å². The van der Waals surface area contributed by atoms with Gasteiger partial charge >= 0.3 is 0 Å². The maximum atomic E-state index is 13.5. The van der Waals surface area contributed by atoms with Crippen LogP contribution in [0.5, 0.6) is 0 Å². The van der Waals surface area contributed by atoms with Crippen molar-refractivity contribution in [2.45, 2.75) is 6.04 Å². The number of anilines is 1. The monoisotopic (exact) mass is 396 g/mol. The summed E-state index contributed by atoms with van der Waals surface area (Å²) >= 11 is 0. The van der Waals surface area contributed by atoms with Crippen molar-refractivity contribution in [1.82, 2.24) is 4.90 Å². The third-order valence-corrected chi connectivity index (χ3v) is 5.98. The molecule has 0 spiro atoms. The van der Waals surface area contributed by atoms with Crippen molar-refractivity contribution in [2.75, 3.05) is 11.4 Å². The summed E-state index contributed by atoms with van der Waals surface area (Å²) < 4.78 is 0. The molecule has 2 saturated heterocycles. The van der Waals surface area contributed by atoms with E-state index >= 15 is 0 Å². The fourth-order valence-electron chi connectivity index (χ4n) is 4.64. The number of rotatable bonds is 3. The van der Waals surface area contributed by atoms with E-state index < -0.39 is 17.9 Å². The molecule has 3 atom stereocenters. The first kappa shape index (κ1) is 18.3. The highest BCUT2D eigenvalue weighted by molar-refractivity contribution is 6.23. The van der Waals surface area contributed by atoms with Crippen molar-refractivity contribution in [3.05, 3.63) is 102 Å². The van der Waals surface area contributed by atoms with Gasteiger partial charge in [0.2, 0.25) is 11.8 Å². The predicted molar refractivity (Wildman–Crippen MR) is 113 cm³/mol. The molecule has 5 rings (SSSR count). The maximum Gasteiger partial charge on any atom is 0.254 e. The maximum absolute atomic E-state index is 13.5. The zero-order valence-electron chi connectivity index (χ0n) is 16.2. The first-order valence-corrected chi connectivity index (χ1v) is 10.0. The van der Waals surface area contributed by atoms with Crippen molar-refractivity contribution in [2.24, 2.45) is 11.8 Å². The largest absolute Gasteiger partial charge is 0.330 e. The van der Waals surface area contributed by atoms with Gasteiger partial charge in [-0.3, -0.25) is 14.4 Å². The van der Waals surface area contributed by atoms with Gasteiger partial charge in [0.15, 0.2) is 0 Å². The van der Waals surface area contributed by atoms with Crippen LogP contribution in [-0.4, -0.2) is 29.2 Å². The molecule has 0 aromatic heterocycles. The highest BCUT2D eigenvalue weighted by Crippen LogP contribution is 2.47. The molecular formula is C25H20N2O3. The van der Waals surface area contributed by atoms with Crippen molar-refractivity contribution < 1.29 is 14.4 Å². The Bertz CT molecular complexity index is 1100. The first-order chi connectivity index (χ1) is 14.7. The van der Waals surface area contributed by atoms with Gasteiger partial charge in [-0.15, -0.1) is 0 Å². The Labute approximate surface area is 174 Å². The molecule has 5 heteroatoms. The quantitative estimate of drug-likeness (QED) is 0.635. The summed E-state index contributed by atoms with van der Waals surface area (Å²) in [4.78, 5) is 43.0. The molecule has 2 aliphatic heterocycles. The zero-order valence-corrected chi connectivity index (χ0v) is 16.2. The fourth-order valence-corrected chi connectivity index (χ4v) is 4.64. The van der Waals surface area contributed by atoms with E-state index in [4.69, 9.17) is 0 Å². The third kappa shape index (κ3) is 2.82. The predicted octanol–water partition coefficient (Wildman–Crippen LogP) is 3.69. The minimum absolute atomic E-state index is 0.161. The van der Waals surface area contributed by atoms with Crippen LogP contribution in [0.1, 0.15) is 22.0 Å². The number of para-hydroxylation sites is 1. The van der Waals surface area contributed by atoms with E-state index in [1.807, 2.05) is 66.7 Å². The summed E-state index contributed by atoms with van der Waals surface area (Å²) in [5.74, 6) is -1.78. The second kappa shape index (κ2) is 7.26. The van der Waals surface area contributed by atoms with E-state index in [9.17, 15) is 14.4 Å². The van der Waals surface area contributed by atoms with Gasteiger partial charge in [0.05, 0.1) is 23.6 Å². The summed E-state index contributed by atoms with van der Waals surface area (Å²) in [7, 11) is 0. The van der Waals surface area contributed by atoms with Crippen LogP contribution in [0.4, 0.5) is 5.69 Å². The number of imide groups is 1. The van der Waals surface area contributed by atoms with Gasteiger partial charge in [0.25, 0.3) is 5.91 Å². The molecule has 2 aliphatic rings. The topological polar surface area (TPSA) is 57.7 Å². The number of nitrogens with zero attached hydrogens (tertiary/aromatic N) is 2. The lowest BCUT2D eigenvalue weighted by Crippen LogP contribution is -2.39. The number of hydrogen-bond donors (Lipinski definition) is 0. The number of carbonyl (C=O) groups excluding carboxylic acids is 3. The Kier molecular flexibility index (Phi) is 4.43. The summed E-state index contributed by atoms with van der Waals surface area (Å²) in [5, 5.41) is 0. The van der Waals surface area contributed by atoms with Gasteiger partial charge in [-0.2, -0.15) is 0 Å². The lowest BCUT2D eigenvalue weighted by molar-refractivity contribution is -0.123. The molecule has 3 aromatic carbocycles. The average Bonchev–Trinajstić information content (AvgIpc) is 3.31. The first-order valence-electron chi connectivity index (χ1n) is 10.0. The number of benzene rings is 3. The van der Waals surface area contributed by atoms with E-state index in [1.165, 1.54) is 4.90 Å². The molecule has 2 fully saturated rings. The van der Waals surface area contributed by atoms with Crippen molar-refractivity contribution >= 4 is 23.4 Å². The van der Waals surface area contributed by atoms with Gasteiger partial charge in [-0.25, -0.2) is 4.90 Å². The molecule has 0 aliphatic carbocycles. The van der Waals surface area contributed by atoms with E-state index in [0.717, 1.165) is 5.56 Å². The van der Waals surface area contributed by atoms with E-state index in [2.05, 4.69) is 0 Å². The molecule has 30 heavy (non-hydrogen) atoms. The zero-order chi connectivity index (χ0) is 20.7. The van der Waals surface area contributed by atoms with Gasteiger partial charge < -0.3 is 4.90 Å². The second-order valence-corrected chi connectivity index (χ2v) is 7.66. The molecule has 5 nitrogen and oxygen atoms in total. The number of likely N-dealkylation sites (tertiary alicyclic amines) is 1. The lowest BCUT2D eigenvalue weighted by atomic mass is 9.88. The molecule has 3 aromatic rings. The van der Waals surface area contributed by atoms with E-state index in [0.29, 0.717) is 11.3 Å². The van der Waals surface area contributed by atoms with Crippen molar-refractivity contribution in [1.29, 1.82) is 0 Å². The minimum Gasteiger partial charge on any atom is -0.330 e. The number of amides is 3. The van der Waals surface area contributed by atoms with Crippen LogP contribution >= 0.6 is 0 Å². The Hall–Kier alpha value is -3.73. The summed E-state index contributed by atoms with van der Waals surface area (Å²) in [6, 6.07) is 27.1. The van der Waals surface area contributed by atoms with Crippen LogP contribution in [-0.2, 0) is 9.59 Å². The van der Waals surface area contributed by atoms with Crippen LogP contribution in [0.25, 0.3) is 0 Å². The number of carbonyl (C=O) groups is 3. The van der Waals surface area contributed by atoms with Crippen molar-refractivity contribution in [3.8, 4) is 0 Å². The summed E-state index contributed by atoms with van der Waals surface area (Å²) in [6.07, 6.45) is 0. The van der Waals surface area contributed by atoms with E-state index in [-0.39, 0.29) is 24.3 Å². The van der Waals surface area contributed by atoms with Crippen LogP contribution < -0.4 is 4.90 Å². The highest BCUT2D eigenvalue weighted by Gasteiger charge is 2.59. The Balaban J connectivity index is 1.57. The van der Waals surface area contributed by atoms with E-state index in [1.54, 1.807) is 29.2 Å². The van der Waals surface area contributed by atoms with Gasteiger partial charge in [-0.1, -0.05) is 66.7 Å². The molecule has 3 amide bonds. The minimum atomic E-state index is -0.590. The molecule has 2 heterocycles. The number of fused-ring (bicyclic) bond motifs is 1. The summed E-state index contributed by atoms with van der Waals surface area (Å²) in [6.45, 7) is 0.228. The molecule has 0 N–H and O–H groups in total. The number of hydrogen-bond acceptors (Lipinski definition) is 3. The third-order valence-electron chi connectivity index (χ3n) is 5.98. The van der Waals surface area contributed by atoms with Crippen LogP contribution in [0.2, 0.25) is 0 Å². The molecule has 148 valence electrons. The molecule has 0 unspecified atom stereocenters. The Morgan fingerprint density at radius 1 is 0.733 bits per heavy atom. The van der Waals surface area contributed by atoms with Crippen molar-refractivity contribution in [3.63, 3.8) is 0 Å². The van der Waals surface area contributed by atoms with Gasteiger partial charge in [0, 0.05) is 12.1 Å². The Morgan fingerprint density at radius 3 is 1.93 bits per heavy atom. The van der Waals surface area contributed by atoms with Gasteiger partial charge in [0.1, 0.15) is 0 Å². The molecule has 0 bridgehead atoms. The highest BCUT2D eigenvalue weighted by atomic mass is 16.2. The fraction of sp³-hybridized carbons (Fsp3) is 0.160. The van der Waals surface area contributed by atoms with Gasteiger partial charge in [-0.05, 0) is 29.8 Å². The lowest BCUT2D eigenvalue weighted by Gasteiger charge is -2.29. The van der Waals surface area contributed by atoms with Crippen LogP contribution in [0.15, 0.2) is 91.0 Å². The SMILES string of the molecule is O=C1[C@H]2[C@@H](c3ccccc3)N(C(=O)c3ccccc3)C[C@H]2C(=O)N1c1ccccc1. The molecule has 0 radical (unpaired) electrons. The summed E-state index contributed by atoms with van der Waals surface area (Å²) in [5.41, 5.74) is 2.00. The standard InChI is InChI=1S/C25H20N2O3/c28-23(18-12-6-2-7-13-18)26-16-20-21(22(26)17-10-4-1-5-11-17)25(30)27(24(20)29)19-14-8-3-9-15-19/h1-15,20-22H,16H2/t20-,21-,22-/m1/s1. The second-order valence-electron chi connectivity index (χ2n) is 7.66. The molecular weight excluding hydrogens is 376 g/mol. The molecule has 0 saturated carbocycles. The smallest absolute Gasteiger partial charge is 0.254 e. The normalized spacial score (nSPS) is 23.0. The Morgan fingerprint density at radius 2 is 1.30 bits per heavy atom. The van der Waals surface area contributed by atoms with Crippen LogP contribution in [0, 0.1) is 11.8 Å². The average molecular weight is 396 g/mol.